The summed E-state index contributed by atoms with van der Waals surface area (Å²) in [6, 6.07) is 3.14. The van der Waals surface area contributed by atoms with Crippen LogP contribution in [0.5, 0.6) is 0 Å². The molecule has 0 radical (unpaired) electrons. The highest BCUT2D eigenvalue weighted by atomic mass is 35.5. The van der Waals surface area contributed by atoms with E-state index in [1.807, 2.05) is 6.92 Å². The van der Waals surface area contributed by atoms with Crippen LogP contribution in [0.1, 0.15) is 15.9 Å². The molecule has 2 rings (SSSR count). The minimum absolute atomic E-state index is 0.00230. The predicted octanol–water partition coefficient (Wildman–Crippen LogP) is 2.74. The Labute approximate surface area is 113 Å². The van der Waals surface area contributed by atoms with Gasteiger partial charge in [-0.15, -0.1) is 10.2 Å². The number of hydrogen-bond acceptors (Lipinski definition) is 4. The zero-order valence-electron chi connectivity index (χ0n) is 9.32. The quantitative estimate of drug-likeness (QED) is 0.920. The van der Waals surface area contributed by atoms with Crippen LogP contribution < -0.4 is 5.32 Å². The fraction of sp³-hybridized carbons (Fsp3) is 0.0909. The van der Waals surface area contributed by atoms with E-state index in [9.17, 15) is 4.79 Å². The molecular formula is C11H8Cl2N4O. The van der Waals surface area contributed by atoms with Crippen LogP contribution in [0.25, 0.3) is 0 Å². The van der Waals surface area contributed by atoms with Gasteiger partial charge >= 0.3 is 0 Å². The van der Waals surface area contributed by atoms with E-state index in [2.05, 4.69) is 20.5 Å². The van der Waals surface area contributed by atoms with Gasteiger partial charge in [-0.25, -0.2) is 0 Å². The number of halogens is 2. The topological polar surface area (TPSA) is 67.8 Å². The van der Waals surface area contributed by atoms with Gasteiger partial charge in [-0.2, -0.15) is 0 Å². The molecule has 0 aliphatic heterocycles. The van der Waals surface area contributed by atoms with Crippen molar-refractivity contribution in [1.29, 1.82) is 0 Å². The molecule has 0 bridgehead atoms. The highest BCUT2D eigenvalue weighted by Gasteiger charge is 2.13. The molecule has 0 atom stereocenters. The van der Waals surface area contributed by atoms with E-state index < -0.39 is 5.91 Å². The number of aromatic nitrogens is 3. The van der Waals surface area contributed by atoms with Gasteiger partial charge in [-0.3, -0.25) is 9.78 Å². The van der Waals surface area contributed by atoms with Crippen molar-refractivity contribution in [3.8, 4) is 0 Å². The third-order valence-corrected chi connectivity index (χ3v) is 2.56. The average molecular weight is 283 g/mol. The van der Waals surface area contributed by atoms with Crippen molar-refractivity contribution in [3.05, 3.63) is 46.0 Å². The van der Waals surface area contributed by atoms with Crippen LogP contribution in [0, 0.1) is 6.92 Å². The fourth-order valence-corrected chi connectivity index (χ4v) is 1.66. The Morgan fingerprint density at radius 2 is 2.00 bits per heavy atom. The summed E-state index contributed by atoms with van der Waals surface area (Å²) in [4.78, 5) is 15.9. The molecule has 2 heterocycles. The molecule has 0 saturated heterocycles. The number of anilines is 1. The highest BCUT2D eigenvalue weighted by Crippen LogP contribution is 2.17. The Morgan fingerprint density at radius 3 is 2.72 bits per heavy atom. The number of pyridine rings is 1. The molecule has 7 heteroatoms. The molecule has 0 aliphatic carbocycles. The molecule has 1 N–H and O–H groups in total. The average Bonchev–Trinajstić information content (AvgIpc) is 2.32. The van der Waals surface area contributed by atoms with E-state index in [4.69, 9.17) is 23.2 Å². The van der Waals surface area contributed by atoms with Crippen LogP contribution in [0.3, 0.4) is 0 Å². The second kappa shape index (κ2) is 5.29. The standard InChI is InChI=1S/C11H8Cl2N4O/c1-6-2-7(5-14-4-6)15-11(18)8-3-9(12)16-17-10(8)13/h2-5H,1H3,(H,15,18). The fourth-order valence-electron chi connectivity index (χ4n) is 1.33. The number of aryl methyl sites for hydroxylation is 1. The van der Waals surface area contributed by atoms with E-state index in [0.717, 1.165) is 5.56 Å². The number of amides is 1. The smallest absolute Gasteiger partial charge is 0.259 e. The van der Waals surface area contributed by atoms with Gasteiger partial charge in [0.2, 0.25) is 0 Å². The Morgan fingerprint density at radius 1 is 1.22 bits per heavy atom. The zero-order chi connectivity index (χ0) is 13.1. The van der Waals surface area contributed by atoms with Crippen molar-refractivity contribution >= 4 is 34.8 Å². The molecule has 2 aromatic rings. The highest BCUT2D eigenvalue weighted by molar-refractivity contribution is 6.34. The maximum atomic E-state index is 11.9. The number of hydrogen-bond donors (Lipinski definition) is 1. The second-order valence-corrected chi connectivity index (χ2v) is 4.32. The first-order valence-electron chi connectivity index (χ1n) is 4.98. The van der Waals surface area contributed by atoms with Gasteiger partial charge in [0.15, 0.2) is 10.3 Å². The van der Waals surface area contributed by atoms with E-state index in [1.165, 1.54) is 12.3 Å². The van der Waals surface area contributed by atoms with Crippen molar-refractivity contribution < 1.29 is 4.79 Å². The molecule has 92 valence electrons. The summed E-state index contributed by atoms with van der Waals surface area (Å²) in [6.07, 6.45) is 3.22. The Hall–Kier alpha value is -1.72. The van der Waals surface area contributed by atoms with Gasteiger partial charge < -0.3 is 5.32 Å². The second-order valence-electron chi connectivity index (χ2n) is 3.58. The van der Waals surface area contributed by atoms with E-state index in [1.54, 1.807) is 12.3 Å². The Kier molecular flexibility index (Phi) is 3.74. The SMILES string of the molecule is Cc1cncc(NC(=O)c2cc(Cl)nnc2Cl)c1. The summed E-state index contributed by atoms with van der Waals surface area (Å²) in [6.45, 7) is 1.88. The van der Waals surface area contributed by atoms with Gasteiger partial charge in [0.1, 0.15) is 0 Å². The largest absolute Gasteiger partial charge is 0.320 e. The maximum Gasteiger partial charge on any atom is 0.259 e. The molecule has 0 aromatic carbocycles. The first-order valence-corrected chi connectivity index (χ1v) is 5.73. The van der Waals surface area contributed by atoms with E-state index in [-0.39, 0.29) is 15.9 Å². The van der Waals surface area contributed by atoms with Crippen LogP contribution in [0.2, 0.25) is 10.3 Å². The number of rotatable bonds is 2. The van der Waals surface area contributed by atoms with Crippen LogP contribution in [-0.2, 0) is 0 Å². The summed E-state index contributed by atoms with van der Waals surface area (Å²) < 4.78 is 0. The number of nitrogens with zero attached hydrogens (tertiary/aromatic N) is 3. The summed E-state index contributed by atoms with van der Waals surface area (Å²) in [5, 5.41) is 9.86. The molecule has 1 amide bonds. The Bertz CT molecular complexity index is 603. The summed E-state index contributed by atoms with van der Waals surface area (Å²) in [5.74, 6) is -0.413. The molecular weight excluding hydrogens is 275 g/mol. The van der Waals surface area contributed by atoms with Crippen molar-refractivity contribution in [2.45, 2.75) is 6.92 Å². The first-order chi connectivity index (χ1) is 8.56. The lowest BCUT2D eigenvalue weighted by Crippen LogP contribution is -2.13. The zero-order valence-corrected chi connectivity index (χ0v) is 10.8. The minimum Gasteiger partial charge on any atom is -0.320 e. The lowest BCUT2D eigenvalue weighted by Gasteiger charge is -2.06. The predicted molar refractivity (Wildman–Crippen MR) is 69.0 cm³/mol. The van der Waals surface area contributed by atoms with Crippen LogP contribution >= 0.6 is 23.2 Å². The molecule has 18 heavy (non-hydrogen) atoms. The van der Waals surface area contributed by atoms with Gasteiger partial charge in [-0.05, 0) is 24.6 Å². The molecule has 0 fully saturated rings. The van der Waals surface area contributed by atoms with Crippen molar-refractivity contribution in [1.82, 2.24) is 15.2 Å². The molecule has 0 aliphatic rings. The van der Waals surface area contributed by atoms with Crippen LogP contribution in [-0.4, -0.2) is 21.1 Å². The maximum absolute atomic E-state index is 11.9. The van der Waals surface area contributed by atoms with Crippen molar-refractivity contribution in [3.63, 3.8) is 0 Å². The first kappa shape index (κ1) is 12.7. The molecule has 0 saturated carbocycles. The van der Waals surface area contributed by atoms with Gasteiger partial charge in [0, 0.05) is 6.20 Å². The number of carbonyl (C=O) groups is 1. The summed E-state index contributed by atoms with van der Waals surface area (Å²) >= 11 is 11.4. The van der Waals surface area contributed by atoms with Crippen molar-refractivity contribution in [2.75, 3.05) is 5.32 Å². The lowest BCUT2D eigenvalue weighted by atomic mass is 10.2. The third-order valence-electron chi connectivity index (χ3n) is 2.10. The molecule has 5 nitrogen and oxygen atoms in total. The summed E-state index contributed by atoms with van der Waals surface area (Å²) in [7, 11) is 0. The molecule has 0 spiro atoms. The van der Waals surface area contributed by atoms with Crippen LogP contribution in [0.15, 0.2) is 24.5 Å². The monoisotopic (exact) mass is 282 g/mol. The lowest BCUT2D eigenvalue weighted by molar-refractivity contribution is 0.102. The van der Waals surface area contributed by atoms with Gasteiger partial charge in [0.05, 0.1) is 17.4 Å². The van der Waals surface area contributed by atoms with E-state index in [0.29, 0.717) is 5.69 Å². The summed E-state index contributed by atoms with van der Waals surface area (Å²) in [5.41, 5.74) is 1.67. The molecule has 2 aromatic heterocycles. The van der Waals surface area contributed by atoms with Crippen molar-refractivity contribution in [2.24, 2.45) is 0 Å². The minimum atomic E-state index is -0.413. The number of nitrogens with one attached hydrogen (secondary N) is 1. The van der Waals surface area contributed by atoms with Gasteiger partial charge in [0.25, 0.3) is 5.91 Å². The van der Waals surface area contributed by atoms with E-state index >= 15 is 0 Å². The third kappa shape index (κ3) is 2.94. The van der Waals surface area contributed by atoms with Gasteiger partial charge in [-0.1, -0.05) is 23.2 Å². The normalized spacial score (nSPS) is 10.2. The Balaban J connectivity index is 2.24. The van der Waals surface area contributed by atoms with Crippen LogP contribution in [0.4, 0.5) is 5.69 Å². The molecule has 0 unspecified atom stereocenters. The number of carbonyl (C=O) groups excluding carboxylic acids is 1.